The van der Waals surface area contributed by atoms with Crippen molar-refractivity contribution >= 4 is 17.8 Å². The Morgan fingerprint density at radius 2 is 1.45 bits per heavy atom. The van der Waals surface area contributed by atoms with E-state index in [1.165, 1.54) is 18.2 Å². The molecular weight excluding hydrogens is 739 g/mol. The van der Waals surface area contributed by atoms with Crippen LogP contribution in [0.2, 0.25) is 0 Å². The molecule has 0 bridgehead atoms. The lowest BCUT2D eigenvalue weighted by atomic mass is 10.00. The van der Waals surface area contributed by atoms with Crippen LogP contribution in [0.15, 0.2) is 66.7 Å². The number of likely N-dealkylation sites (N-methyl/N-ethyl adjacent to an activating group) is 1. The molecule has 3 aromatic rings. The average Bonchev–Trinajstić information content (AvgIpc) is 3.12. The highest BCUT2D eigenvalue weighted by atomic mass is 19.4. The van der Waals surface area contributed by atoms with Crippen LogP contribution in [0.25, 0.3) is 11.1 Å². The van der Waals surface area contributed by atoms with E-state index >= 15 is 0 Å². The van der Waals surface area contributed by atoms with E-state index in [9.17, 15) is 35.5 Å². The van der Waals surface area contributed by atoms with E-state index in [2.05, 4.69) is 59.5 Å². The van der Waals surface area contributed by atoms with Gasteiger partial charge in [0, 0.05) is 69.5 Å². The molecule has 0 saturated carbocycles. The highest BCUT2D eigenvalue weighted by Gasteiger charge is 2.38. The van der Waals surface area contributed by atoms with E-state index < -0.39 is 24.3 Å². The van der Waals surface area contributed by atoms with Gasteiger partial charge in [-0.2, -0.15) is 26.3 Å². The summed E-state index contributed by atoms with van der Waals surface area (Å²) in [4.78, 5) is 35.6. The summed E-state index contributed by atoms with van der Waals surface area (Å²) in [5.41, 5.74) is 5.29. The lowest BCUT2D eigenvalue weighted by Gasteiger charge is -2.41. The number of carboxylic acids is 2. The molecule has 0 aliphatic carbocycles. The lowest BCUT2D eigenvalue weighted by Crippen LogP contribution is -2.56. The van der Waals surface area contributed by atoms with E-state index in [1.807, 2.05) is 36.4 Å². The molecule has 0 radical (unpaired) electrons. The van der Waals surface area contributed by atoms with Crippen molar-refractivity contribution in [2.45, 2.75) is 51.9 Å². The van der Waals surface area contributed by atoms with Crippen LogP contribution in [-0.2, 0) is 29.2 Å². The first-order chi connectivity index (χ1) is 25.7. The average molecular weight is 786 g/mol. The number of piperazine rings is 2. The number of benzene rings is 3. The second-order valence-corrected chi connectivity index (χ2v) is 13.7. The topological polar surface area (TPSA) is 125 Å². The Labute approximate surface area is 315 Å². The van der Waals surface area contributed by atoms with Gasteiger partial charge < -0.3 is 30.1 Å². The molecule has 55 heavy (non-hydrogen) atoms. The van der Waals surface area contributed by atoms with Crippen LogP contribution in [0.4, 0.5) is 30.7 Å². The SMILES string of the molecule is CC[N+]1(C)CCN(Cc2cccc(C(=O)NCc3ccc(F)c(-c4cccc(CN5CCN[C@@H](C)C5)c4)c3)c2)CC1.O=C(O)C(F)(F)F.O=C([O-])C(F)(F)F. The number of hydrogen-bond acceptors (Lipinski definition) is 7. The highest BCUT2D eigenvalue weighted by molar-refractivity contribution is 5.94. The number of rotatable bonds is 9. The predicted molar refractivity (Wildman–Crippen MR) is 189 cm³/mol. The largest absolute Gasteiger partial charge is 0.542 e. The summed E-state index contributed by atoms with van der Waals surface area (Å²) in [5.74, 6) is -6.13. The van der Waals surface area contributed by atoms with E-state index in [0.29, 0.717) is 23.7 Å². The molecule has 1 atom stereocenters. The molecule has 0 unspecified atom stereocenters. The maximum absolute atomic E-state index is 14.9. The molecule has 1 amide bonds. The molecule has 0 spiro atoms. The second kappa shape index (κ2) is 19.8. The van der Waals surface area contributed by atoms with Gasteiger partial charge in [0.1, 0.15) is 11.8 Å². The van der Waals surface area contributed by atoms with Gasteiger partial charge in [0.25, 0.3) is 5.91 Å². The van der Waals surface area contributed by atoms with Crippen LogP contribution in [0, 0.1) is 5.82 Å². The number of halogens is 7. The Hall–Kier alpha value is -4.58. The quantitative estimate of drug-likeness (QED) is 0.215. The fourth-order valence-corrected chi connectivity index (χ4v) is 5.97. The molecule has 0 aromatic heterocycles. The summed E-state index contributed by atoms with van der Waals surface area (Å²) < 4.78 is 79.4. The molecule has 2 heterocycles. The van der Waals surface area contributed by atoms with Crippen LogP contribution < -0.4 is 15.7 Å². The van der Waals surface area contributed by atoms with Crippen LogP contribution in [-0.4, -0.2) is 115 Å². The summed E-state index contributed by atoms with van der Waals surface area (Å²) >= 11 is 0. The molecule has 2 fully saturated rings. The van der Waals surface area contributed by atoms with Crippen molar-refractivity contribution in [1.29, 1.82) is 0 Å². The summed E-state index contributed by atoms with van der Waals surface area (Å²) in [6, 6.07) is 21.7. The van der Waals surface area contributed by atoms with E-state index in [4.69, 9.17) is 19.8 Å². The van der Waals surface area contributed by atoms with Crippen molar-refractivity contribution in [1.82, 2.24) is 20.4 Å². The van der Waals surface area contributed by atoms with Crippen molar-refractivity contribution in [2.75, 3.05) is 59.4 Å². The molecule has 3 aromatic carbocycles. The van der Waals surface area contributed by atoms with Crippen molar-refractivity contribution in [3.8, 4) is 11.1 Å². The van der Waals surface area contributed by atoms with Crippen molar-refractivity contribution < 1.29 is 59.8 Å². The van der Waals surface area contributed by atoms with E-state index in [0.717, 1.165) is 80.1 Å². The maximum atomic E-state index is 14.9. The number of carboxylic acid groups (broad SMARTS) is 2. The zero-order valence-corrected chi connectivity index (χ0v) is 30.8. The highest BCUT2D eigenvalue weighted by Crippen LogP contribution is 2.26. The standard InChI is InChI=1S/C34H44FN5O.2C2HF3O2/c1-4-40(3)17-15-38(16-18-40)24-29-8-6-10-31(20-29)34(41)37-22-27-11-12-33(35)32(21-27)30-9-5-7-28(19-30)25-39-14-13-36-26(2)23-39;2*3-2(4,5)1(6)7/h5-12,19-21,26,36H,4,13-18,22-25H2,1-3H3;2*(H,6,7)/t26-;;/m0../s1. The Bertz CT molecular complexity index is 1720. The minimum Gasteiger partial charge on any atom is -0.542 e. The first kappa shape index (κ1) is 44.8. The van der Waals surface area contributed by atoms with Crippen molar-refractivity contribution in [2.24, 2.45) is 0 Å². The number of carbonyl (C=O) groups excluding carboxylic acids is 2. The van der Waals surface area contributed by atoms with Gasteiger partial charge in [-0.15, -0.1) is 0 Å². The first-order valence-electron chi connectivity index (χ1n) is 17.5. The maximum Gasteiger partial charge on any atom is 0.490 e. The first-order valence-corrected chi connectivity index (χ1v) is 17.5. The molecule has 5 rings (SSSR count). The lowest BCUT2D eigenvalue weighted by molar-refractivity contribution is -0.912. The Morgan fingerprint density at radius 3 is 2.02 bits per heavy atom. The molecule has 2 saturated heterocycles. The van der Waals surface area contributed by atoms with Crippen LogP contribution in [0.1, 0.15) is 40.9 Å². The number of amides is 1. The smallest absolute Gasteiger partial charge is 0.490 e. The number of aliphatic carboxylic acids is 2. The summed E-state index contributed by atoms with van der Waals surface area (Å²) in [6.07, 6.45) is -10.3. The molecule has 10 nitrogen and oxygen atoms in total. The Balaban J connectivity index is 0.000000494. The van der Waals surface area contributed by atoms with Gasteiger partial charge in [-0.25, -0.2) is 9.18 Å². The molecule has 3 N–H and O–H groups in total. The van der Waals surface area contributed by atoms with E-state index in [1.54, 1.807) is 6.07 Å². The zero-order valence-electron chi connectivity index (χ0n) is 30.8. The fraction of sp³-hybridized carbons (Fsp3) is 0.447. The summed E-state index contributed by atoms with van der Waals surface area (Å²) in [5, 5.41) is 22.4. The molecule has 302 valence electrons. The Kier molecular flexibility index (Phi) is 16.2. The van der Waals surface area contributed by atoms with Gasteiger partial charge in [0.05, 0.1) is 26.7 Å². The van der Waals surface area contributed by atoms with Crippen molar-refractivity contribution in [3.05, 3.63) is 94.8 Å². The Morgan fingerprint density at radius 1 is 0.873 bits per heavy atom. The third-order valence-electron chi connectivity index (χ3n) is 9.33. The zero-order chi connectivity index (χ0) is 41.0. The number of hydrogen-bond donors (Lipinski definition) is 3. The number of nitrogens with one attached hydrogen (secondary N) is 2. The summed E-state index contributed by atoms with van der Waals surface area (Å²) in [7, 11) is 2.33. The number of nitrogens with zero attached hydrogens (tertiary/aromatic N) is 3. The third kappa shape index (κ3) is 14.9. The van der Waals surface area contributed by atoms with Gasteiger partial charge in [0.2, 0.25) is 0 Å². The van der Waals surface area contributed by atoms with Gasteiger partial charge in [-0.1, -0.05) is 36.4 Å². The second-order valence-electron chi connectivity index (χ2n) is 13.7. The van der Waals surface area contributed by atoms with Gasteiger partial charge in [-0.3, -0.25) is 14.6 Å². The molecular formula is C38H46F7N5O5. The normalized spacial score (nSPS) is 17.5. The van der Waals surface area contributed by atoms with E-state index in [-0.39, 0.29) is 11.7 Å². The molecule has 17 heteroatoms. The van der Waals surface area contributed by atoms with Crippen LogP contribution >= 0.6 is 0 Å². The van der Waals surface area contributed by atoms with Gasteiger partial charge in [-0.05, 0) is 66.4 Å². The monoisotopic (exact) mass is 785 g/mol. The van der Waals surface area contributed by atoms with Crippen molar-refractivity contribution in [3.63, 3.8) is 0 Å². The third-order valence-corrected chi connectivity index (χ3v) is 9.33. The van der Waals surface area contributed by atoms with Crippen LogP contribution in [0.3, 0.4) is 0 Å². The minimum absolute atomic E-state index is 0.112. The van der Waals surface area contributed by atoms with Crippen LogP contribution in [0.5, 0.6) is 0 Å². The summed E-state index contributed by atoms with van der Waals surface area (Å²) in [6.45, 7) is 15.2. The fourth-order valence-electron chi connectivity index (χ4n) is 5.97. The van der Waals surface area contributed by atoms with Gasteiger partial charge in [0.15, 0.2) is 0 Å². The molecule has 2 aliphatic heterocycles. The number of alkyl halides is 6. The number of quaternary nitrogens is 1. The minimum atomic E-state index is -5.19. The van der Waals surface area contributed by atoms with Gasteiger partial charge >= 0.3 is 18.3 Å². The number of carbonyl (C=O) groups is 3. The molecule has 2 aliphatic rings. The predicted octanol–water partition coefficient (Wildman–Crippen LogP) is 4.43.